The van der Waals surface area contributed by atoms with Gasteiger partial charge in [0.05, 0.1) is 24.7 Å². The van der Waals surface area contributed by atoms with Gasteiger partial charge in [-0.25, -0.2) is 0 Å². The molecule has 3 aromatic carbocycles. The molecule has 1 fully saturated rings. The lowest BCUT2D eigenvalue weighted by molar-refractivity contribution is -0.113. The van der Waals surface area contributed by atoms with E-state index >= 15 is 0 Å². The summed E-state index contributed by atoms with van der Waals surface area (Å²) in [6.07, 6.45) is 0.760. The molecule has 1 N–H and O–H groups in total. The molecule has 1 amide bonds. The normalized spacial score (nSPS) is 13.5. The quantitative estimate of drug-likeness (QED) is 0.373. The number of ether oxygens (including phenoxy) is 1. The second-order valence-electron chi connectivity index (χ2n) is 8.21. The van der Waals surface area contributed by atoms with Crippen molar-refractivity contribution in [2.45, 2.75) is 11.6 Å². The third-order valence-electron chi connectivity index (χ3n) is 5.79. The van der Waals surface area contributed by atoms with Crippen LogP contribution in [0.4, 0.5) is 11.6 Å². The van der Waals surface area contributed by atoms with E-state index in [1.807, 2.05) is 71.3 Å². The number of anilines is 2. The van der Waals surface area contributed by atoms with Crippen molar-refractivity contribution in [3.05, 3.63) is 96.1 Å². The van der Waals surface area contributed by atoms with Crippen LogP contribution in [-0.4, -0.2) is 52.7 Å². The molecule has 1 aliphatic heterocycles. The number of amides is 1. The van der Waals surface area contributed by atoms with Crippen molar-refractivity contribution < 1.29 is 9.53 Å². The fourth-order valence-corrected chi connectivity index (χ4v) is 4.80. The molecule has 0 bridgehead atoms. The first kappa shape index (κ1) is 23.1. The summed E-state index contributed by atoms with van der Waals surface area (Å²) in [6.45, 7) is 2.84. The number of thioether (sulfide) groups is 1. The van der Waals surface area contributed by atoms with Crippen molar-refractivity contribution in [3.63, 3.8) is 0 Å². The Morgan fingerprint density at radius 3 is 2.34 bits per heavy atom. The summed E-state index contributed by atoms with van der Waals surface area (Å²) in [6, 6.07) is 28.2. The standard InChI is InChI=1S/C27H27N5O2S/c33-25(28-24-14-8-7-11-22(24)19-21-9-3-1-4-10-21)20-35-27-30-29-26(31-15-17-34-18-16-31)32(27)23-12-5-2-6-13-23/h1-14H,15-20H2,(H,28,33). The van der Waals surface area contributed by atoms with Gasteiger partial charge in [-0.15, -0.1) is 10.2 Å². The highest BCUT2D eigenvalue weighted by atomic mass is 32.2. The van der Waals surface area contributed by atoms with E-state index in [4.69, 9.17) is 4.74 Å². The Labute approximate surface area is 209 Å². The maximum atomic E-state index is 12.9. The Hall–Kier alpha value is -3.62. The minimum atomic E-state index is -0.0777. The molecule has 0 radical (unpaired) electrons. The van der Waals surface area contributed by atoms with Crippen molar-refractivity contribution in [1.29, 1.82) is 0 Å². The van der Waals surface area contributed by atoms with Gasteiger partial charge in [0.1, 0.15) is 0 Å². The third-order valence-corrected chi connectivity index (χ3v) is 6.71. The molecule has 0 atom stereocenters. The Bertz CT molecular complexity index is 1260. The molecule has 0 unspecified atom stereocenters. The molecule has 7 nitrogen and oxygen atoms in total. The molecule has 1 aliphatic rings. The summed E-state index contributed by atoms with van der Waals surface area (Å²) in [5.74, 6) is 0.926. The van der Waals surface area contributed by atoms with Crippen LogP contribution in [0.15, 0.2) is 90.1 Å². The van der Waals surface area contributed by atoms with E-state index in [9.17, 15) is 4.79 Å². The minimum absolute atomic E-state index is 0.0777. The smallest absolute Gasteiger partial charge is 0.234 e. The van der Waals surface area contributed by atoms with Crippen molar-refractivity contribution in [1.82, 2.24) is 14.8 Å². The number of benzene rings is 3. The number of nitrogens with one attached hydrogen (secondary N) is 1. The zero-order valence-corrected chi connectivity index (χ0v) is 20.2. The minimum Gasteiger partial charge on any atom is -0.378 e. The molecule has 0 spiro atoms. The Kier molecular flexibility index (Phi) is 7.41. The summed E-state index contributed by atoms with van der Waals surface area (Å²) >= 11 is 1.38. The molecular weight excluding hydrogens is 458 g/mol. The molecule has 8 heteroatoms. The fraction of sp³-hybridized carbons (Fsp3) is 0.222. The van der Waals surface area contributed by atoms with Gasteiger partial charge in [-0.3, -0.25) is 9.36 Å². The first-order valence-electron chi connectivity index (χ1n) is 11.7. The van der Waals surface area contributed by atoms with E-state index in [-0.39, 0.29) is 11.7 Å². The second-order valence-corrected chi connectivity index (χ2v) is 9.15. The summed E-state index contributed by atoms with van der Waals surface area (Å²) in [5.41, 5.74) is 4.09. The van der Waals surface area contributed by atoms with Crippen LogP contribution in [0.3, 0.4) is 0 Å². The van der Waals surface area contributed by atoms with Gasteiger partial charge in [-0.1, -0.05) is 78.5 Å². The van der Waals surface area contributed by atoms with Crippen molar-refractivity contribution >= 4 is 29.3 Å². The number of aromatic nitrogens is 3. The molecule has 0 aliphatic carbocycles. The van der Waals surface area contributed by atoms with Gasteiger partial charge >= 0.3 is 0 Å². The molecule has 0 saturated carbocycles. The molecule has 1 aromatic heterocycles. The monoisotopic (exact) mass is 485 g/mol. The number of para-hydroxylation sites is 2. The lowest BCUT2D eigenvalue weighted by atomic mass is 10.0. The lowest BCUT2D eigenvalue weighted by Gasteiger charge is -2.27. The predicted molar refractivity (Wildman–Crippen MR) is 139 cm³/mol. The number of carbonyl (C=O) groups excluding carboxylic acids is 1. The third kappa shape index (κ3) is 5.72. The zero-order chi connectivity index (χ0) is 23.9. The van der Waals surface area contributed by atoms with Gasteiger partial charge in [0, 0.05) is 18.8 Å². The predicted octanol–water partition coefficient (Wildman–Crippen LogP) is 4.43. The summed E-state index contributed by atoms with van der Waals surface area (Å²) in [7, 11) is 0. The van der Waals surface area contributed by atoms with Crippen LogP contribution < -0.4 is 10.2 Å². The largest absolute Gasteiger partial charge is 0.378 e. The highest BCUT2D eigenvalue weighted by molar-refractivity contribution is 7.99. The first-order valence-corrected chi connectivity index (χ1v) is 12.6. The second kappa shape index (κ2) is 11.2. The maximum Gasteiger partial charge on any atom is 0.234 e. The summed E-state index contributed by atoms with van der Waals surface area (Å²) in [4.78, 5) is 15.1. The van der Waals surface area contributed by atoms with E-state index in [0.29, 0.717) is 18.4 Å². The van der Waals surface area contributed by atoms with Crippen molar-refractivity contribution in [2.75, 3.05) is 42.3 Å². The number of hydrogen-bond acceptors (Lipinski definition) is 6. The van der Waals surface area contributed by atoms with Gasteiger partial charge in [-0.05, 0) is 35.7 Å². The van der Waals surface area contributed by atoms with Crippen LogP contribution in [0.2, 0.25) is 0 Å². The SMILES string of the molecule is O=C(CSc1nnc(N2CCOCC2)n1-c1ccccc1)Nc1ccccc1Cc1ccccc1. The van der Waals surface area contributed by atoms with Crippen LogP contribution >= 0.6 is 11.8 Å². The lowest BCUT2D eigenvalue weighted by Crippen LogP contribution is -2.37. The molecule has 1 saturated heterocycles. The molecule has 4 aromatic rings. The number of nitrogens with zero attached hydrogens (tertiary/aromatic N) is 4. The van der Waals surface area contributed by atoms with Gasteiger partial charge in [0.15, 0.2) is 5.16 Å². The summed E-state index contributed by atoms with van der Waals surface area (Å²) in [5, 5.41) is 12.7. The Morgan fingerprint density at radius 2 is 1.57 bits per heavy atom. The van der Waals surface area contributed by atoms with E-state index in [1.54, 1.807) is 0 Å². The number of morpholine rings is 1. The zero-order valence-electron chi connectivity index (χ0n) is 19.3. The van der Waals surface area contributed by atoms with Crippen LogP contribution in [0.1, 0.15) is 11.1 Å². The van der Waals surface area contributed by atoms with Crippen LogP contribution in [0.5, 0.6) is 0 Å². The number of hydrogen-bond donors (Lipinski definition) is 1. The molecule has 5 rings (SSSR count). The van der Waals surface area contributed by atoms with Gasteiger partial charge < -0.3 is 15.0 Å². The van der Waals surface area contributed by atoms with Crippen molar-refractivity contribution in [2.24, 2.45) is 0 Å². The summed E-state index contributed by atoms with van der Waals surface area (Å²) < 4.78 is 7.52. The van der Waals surface area contributed by atoms with Gasteiger partial charge in [0.25, 0.3) is 0 Å². The molecule has 35 heavy (non-hydrogen) atoms. The van der Waals surface area contributed by atoms with E-state index in [1.165, 1.54) is 17.3 Å². The molecule has 2 heterocycles. The van der Waals surface area contributed by atoms with Crippen LogP contribution in [0.25, 0.3) is 5.69 Å². The van der Waals surface area contributed by atoms with Crippen LogP contribution in [-0.2, 0) is 16.0 Å². The van der Waals surface area contributed by atoms with Crippen molar-refractivity contribution in [3.8, 4) is 5.69 Å². The molecule has 178 valence electrons. The Balaban J connectivity index is 1.30. The Morgan fingerprint density at radius 1 is 0.886 bits per heavy atom. The average molecular weight is 486 g/mol. The van der Waals surface area contributed by atoms with E-state index in [0.717, 1.165) is 42.4 Å². The van der Waals surface area contributed by atoms with Gasteiger partial charge in [-0.2, -0.15) is 0 Å². The number of carbonyl (C=O) groups is 1. The molecular formula is C27H27N5O2S. The van der Waals surface area contributed by atoms with Crippen LogP contribution in [0, 0.1) is 0 Å². The highest BCUT2D eigenvalue weighted by Gasteiger charge is 2.22. The topological polar surface area (TPSA) is 72.3 Å². The maximum absolute atomic E-state index is 12.9. The highest BCUT2D eigenvalue weighted by Crippen LogP contribution is 2.27. The first-order chi connectivity index (χ1) is 17.3. The number of rotatable bonds is 8. The van der Waals surface area contributed by atoms with Gasteiger partial charge in [0.2, 0.25) is 11.9 Å². The average Bonchev–Trinajstić information content (AvgIpc) is 3.34. The van der Waals surface area contributed by atoms with E-state index < -0.39 is 0 Å². The fourth-order valence-electron chi connectivity index (χ4n) is 4.06. The van der Waals surface area contributed by atoms with E-state index in [2.05, 4.69) is 38.6 Å².